The van der Waals surface area contributed by atoms with Crippen LogP contribution in [-0.2, 0) is 24.5 Å². The molecule has 3 aliphatic heterocycles. The van der Waals surface area contributed by atoms with Crippen LogP contribution in [0.4, 0.5) is 5.69 Å². The Hall–Kier alpha value is -2.21. The van der Waals surface area contributed by atoms with Crippen molar-refractivity contribution in [1.29, 1.82) is 0 Å². The molecule has 29 heavy (non-hydrogen) atoms. The van der Waals surface area contributed by atoms with E-state index in [2.05, 4.69) is 17.9 Å². The van der Waals surface area contributed by atoms with E-state index in [1.165, 1.54) is 19.6 Å². The van der Waals surface area contributed by atoms with Crippen molar-refractivity contribution in [2.45, 2.75) is 63.0 Å². The van der Waals surface area contributed by atoms with Crippen molar-refractivity contribution in [2.24, 2.45) is 10.4 Å². The Morgan fingerprint density at radius 3 is 2.76 bits per heavy atom. The molecule has 4 atom stereocenters. The molecule has 0 unspecified atom stereocenters. The Morgan fingerprint density at radius 2 is 2.03 bits per heavy atom. The highest BCUT2D eigenvalue weighted by Crippen LogP contribution is 2.65. The molecule has 1 aromatic rings. The SMILES string of the molecule is CC[C@]12CCCN3CC[C@]4(C(=Nc5ccccc54)[C@@](OC(C)=O)(C(=O)OC)C1)[C@@H]32. The van der Waals surface area contributed by atoms with Gasteiger partial charge in [-0.3, -0.25) is 14.7 Å². The summed E-state index contributed by atoms with van der Waals surface area (Å²) in [6.45, 7) is 5.61. The molecule has 3 heterocycles. The predicted octanol–water partition coefficient (Wildman–Crippen LogP) is 3.15. The number of rotatable bonds is 3. The summed E-state index contributed by atoms with van der Waals surface area (Å²) in [7, 11) is 1.37. The lowest BCUT2D eigenvalue weighted by Crippen LogP contribution is -2.72. The van der Waals surface area contributed by atoms with Gasteiger partial charge in [-0.05, 0) is 55.8 Å². The fourth-order valence-electron chi connectivity index (χ4n) is 7.06. The highest BCUT2D eigenvalue weighted by atomic mass is 16.6. The lowest BCUT2D eigenvalue weighted by Gasteiger charge is -2.60. The molecule has 3 fully saturated rings. The molecular formula is C23H28N2O4. The van der Waals surface area contributed by atoms with Gasteiger partial charge in [-0.15, -0.1) is 0 Å². The van der Waals surface area contributed by atoms with Crippen molar-refractivity contribution in [3.63, 3.8) is 0 Å². The fourth-order valence-corrected chi connectivity index (χ4v) is 7.06. The maximum atomic E-state index is 13.3. The van der Waals surface area contributed by atoms with Crippen molar-refractivity contribution in [3.8, 4) is 0 Å². The van der Waals surface area contributed by atoms with Gasteiger partial charge in [0, 0.05) is 19.4 Å². The quantitative estimate of drug-likeness (QED) is 0.734. The maximum Gasteiger partial charge on any atom is 0.356 e. The van der Waals surface area contributed by atoms with Crippen LogP contribution in [0.3, 0.4) is 0 Å². The van der Waals surface area contributed by atoms with E-state index >= 15 is 0 Å². The largest absolute Gasteiger partial charge is 0.466 e. The summed E-state index contributed by atoms with van der Waals surface area (Å²) in [5.74, 6) is -0.978. The summed E-state index contributed by atoms with van der Waals surface area (Å²) in [5.41, 5.74) is 0.750. The minimum atomic E-state index is -1.46. The van der Waals surface area contributed by atoms with Gasteiger partial charge in [0.05, 0.1) is 23.9 Å². The predicted molar refractivity (Wildman–Crippen MR) is 108 cm³/mol. The summed E-state index contributed by atoms with van der Waals surface area (Å²) in [6, 6.07) is 8.44. The molecule has 1 aromatic carbocycles. The number of carbonyl (C=O) groups excluding carboxylic acids is 2. The second-order valence-electron chi connectivity index (χ2n) is 9.05. The molecule has 1 aliphatic carbocycles. The normalized spacial score (nSPS) is 37.2. The van der Waals surface area contributed by atoms with Crippen molar-refractivity contribution in [1.82, 2.24) is 4.90 Å². The van der Waals surface area contributed by atoms with E-state index in [0.717, 1.165) is 44.5 Å². The molecule has 1 spiro atoms. The molecule has 6 heteroatoms. The second kappa shape index (κ2) is 6.14. The zero-order valence-electron chi connectivity index (χ0n) is 17.4. The van der Waals surface area contributed by atoms with Gasteiger partial charge in [-0.2, -0.15) is 0 Å². The molecule has 2 saturated heterocycles. The summed E-state index contributed by atoms with van der Waals surface area (Å²) < 4.78 is 11.2. The average molecular weight is 396 g/mol. The molecule has 0 radical (unpaired) electrons. The minimum Gasteiger partial charge on any atom is -0.466 e. The Balaban J connectivity index is 1.83. The van der Waals surface area contributed by atoms with Gasteiger partial charge >= 0.3 is 11.9 Å². The lowest BCUT2D eigenvalue weighted by atomic mass is 9.49. The Labute approximate surface area is 171 Å². The number of nitrogens with zero attached hydrogens (tertiary/aromatic N) is 2. The lowest BCUT2D eigenvalue weighted by molar-refractivity contribution is -0.180. The average Bonchev–Trinajstić information content (AvgIpc) is 3.28. The number of esters is 2. The molecule has 0 bridgehead atoms. The van der Waals surface area contributed by atoms with E-state index < -0.39 is 23.0 Å². The first-order valence-corrected chi connectivity index (χ1v) is 10.6. The second-order valence-corrected chi connectivity index (χ2v) is 9.05. The maximum absolute atomic E-state index is 13.3. The van der Waals surface area contributed by atoms with Crippen molar-refractivity contribution in [3.05, 3.63) is 29.8 Å². The number of hydrogen-bond donors (Lipinski definition) is 0. The first kappa shape index (κ1) is 18.8. The molecule has 0 aromatic heterocycles. The van der Waals surface area contributed by atoms with E-state index in [0.29, 0.717) is 12.1 Å². The standard InChI is InChI=1S/C23H28N2O4/c1-4-21-10-7-12-25-13-11-22(19(21)25)16-8-5-6-9-17(16)24-18(22)23(14-21,20(27)28-3)29-15(2)26/h5-6,8-9,19H,4,7,10-14H2,1-3H3/t19-,21-,22-,23+/m0/s1. The van der Waals surface area contributed by atoms with E-state index in [1.807, 2.05) is 18.2 Å². The summed E-state index contributed by atoms with van der Waals surface area (Å²) in [5, 5.41) is 0. The van der Waals surface area contributed by atoms with Crippen LogP contribution >= 0.6 is 0 Å². The smallest absolute Gasteiger partial charge is 0.356 e. The highest BCUT2D eigenvalue weighted by molar-refractivity contribution is 6.20. The summed E-state index contributed by atoms with van der Waals surface area (Å²) in [6.07, 6.45) is 4.35. The van der Waals surface area contributed by atoms with E-state index in [1.54, 1.807) is 0 Å². The van der Waals surface area contributed by atoms with Gasteiger partial charge in [0.2, 0.25) is 5.60 Å². The number of hydrogen-bond acceptors (Lipinski definition) is 6. The molecule has 0 amide bonds. The molecular weight excluding hydrogens is 368 g/mol. The summed E-state index contributed by atoms with van der Waals surface area (Å²) >= 11 is 0. The van der Waals surface area contributed by atoms with E-state index in [-0.39, 0.29) is 11.5 Å². The number of aliphatic imine (C=N–C) groups is 1. The van der Waals surface area contributed by atoms with Crippen LogP contribution in [0.15, 0.2) is 29.3 Å². The highest BCUT2D eigenvalue weighted by Gasteiger charge is 2.74. The molecule has 5 rings (SSSR count). The van der Waals surface area contributed by atoms with Crippen molar-refractivity contribution in [2.75, 3.05) is 20.2 Å². The summed E-state index contributed by atoms with van der Waals surface area (Å²) in [4.78, 5) is 33.2. The Kier molecular flexibility index (Phi) is 3.98. The van der Waals surface area contributed by atoms with Gasteiger partial charge in [-0.1, -0.05) is 25.1 Å². The third kappa shape index (κ3) is 2.18. The Bertz CT molecular complexity index is 927. The number of para-hydroxylation sites is 1. The molecule has 6 nitrogen and oxygen atoms in total. The van der Waals surface area contributed by atoms with E-state index in [4.69, 9.17) is 14.5 Å². The van der Waals surface area contributed by atoms with Gasteiger partial charge < -0.3 is 9.47 Å². The monoisotopic (exact) mass is 396 g/mol. The van der Waals surface area contributed by atoms with Crippen LogP contribution in [0.2, 0.25) is 0 Å². The third-order valence-corrected chi connectivity index (χ3v) is 7.89. The fraction of sp³-hybridized carbons (Fsp3) is 0.609. The van der Waals surface area contributed by atoms with Crippen molar-refractivity contribution >= 4 is 23.3 Å². The number of ether oxygens (including phenoxy) is 2. The molecule has 1 saturated carbocycles. The van der Waals surface area contributed by atoms with Crippen LogP contribution < -0.4 is 0 Å². The number of carbonyl (C=O) groups is 2. The zero-order chi connectivity index (χ0) is 20.4. The molecule has 0 N–H and O–H groups in total. The van der Waals surface area contributed by atoms with Crippen LogP contribution in [-0.4, -0.2) is 54.4 Å². The molecule has 4 aliphatic rings. The topological polar surface area (TPSA) is 68.2 Å². The van der Waals surface area contributed by atoms with Crippen LogP contribution in [0, 0.1) is 5.41 Å². The van der Waals surface area contributed by atoms with Crippen LogP contribution in [0.5, 0.6) is 0 Å². The zero-order valence-corrected chi connectivity index (χ0v) is 17.4. The number of piperidine rings is 1. The number of benzene rings is 1. The van der Waals surface area contributed by atoms with Gasteiger partial charge in [0.25, 0.3) is 0 Å². The Morgan fingerprint density at radius 1 is 1.24 bits per heavy atom. The number of methoxy groups -OCH3 is 1. The minimum absolute atomic E-state index is 0.130. The first-order chi connectivity index (χ1) is 13.9. The third-order valence-electron chi connectivity index (χ3n) is 7.89. The van der Waals surface area contributed by atoms with Crippen LogP contribution in [0.1, 0.15) is 51.5 Å². The first-order valence-electron chi connectivity index (χ1n) is 10.6. The van der Waals surface area contributed by atoms with Gasteiger partial charge in [-0.25, -0.2) is 4.79 Å². The van der Waals surface area contributed by atoms with Gasteiger partial charge in [0.1, 0.15) is 0 Å². The molecule has 154 valence electrons. The van der Waals surface area contributed by atoms with E-state index in [9.17, 15) is 9.59 Å². The number of fused-ring (bicyclic) bond motifs is 1. The van der Waals surface area contributed by atoms with Gasteiger partial charge in [0.15, 0.2) is 0 Å². The van der Waals surface area contributed by atoms with Crippen molar-refractivity contribution < 1.29 is 19.1 Å². The van der Waals surface area contributed by atoms with Crippen LogP contribution in [0.25, 0.3) is 0 Å².